The molecule has 0 bridgehead atoms. The van der Waals surface area contributed by atoms with Crippen LogP contribution in [0.1, 0.15) is 25.3 Å². The molecule has 1 amide bonds. The molecule has 0 aliphatic heterocycles. The van der Waals surface area contributed by atoms with Gasteiger partial charge in [-0.3, -0.25) is 4.79 Å². The summed E-state index contributed by atoms with van der Waals surface area (Å²) < 4.78 is 10.9. The summed E-state index contributed by atoms with van der Waals surface area (Å²) in [6.45, 7) is 2.57. The van der Waals surface area contributed by atoms with Crippen molar-refractivity contribution in [3.05, 3.63) is 48.0 Å². The predicted octanol–water partition coefficient (Wildman–Crippen LogP) is 2.81. The first kappa shape index (κ1) is 19.1. The lowest BCUT2D eigenvalue weighted by Crippen LogP contribution is -2.24. The van der Waals surface area contributed by atoms with E-state index >= 15 is 0 Å². The van der Waals surface area contributed by atoms with Crippen LogP contribution in [0.2, 0.25) is 0 Å². The second kappa shape index (κ2) is 9.93. The Bertz CT molecular complexity index is 744. The number of hydrogen-bond acceptors (Lipinski definition) is 6. The van der Waals surface area contributed by atoms with E-state index in [9.17, 15) is 15.0 Å². The van der Waals surface area contributed by atoms with E-state index in [1.54, 1.807) is 24.3 Å². The van der Waals surface area contributed by atoms with Crippen molar-refractivity contribution in [3.63, 3.8) is 0 Å². The molecule has 0 spiro atoms. The van der Waals surface area contributed by atoms with Crippen molar-refractivity contribution in [2.45, 2.75) is 19.8 Å². The molecule has 2 aromatic carbocycles. The third-order valence-electron chi connectivity index (χ3n) is 3.37. The van der Waals surface area contributed by atoms with Crippen molar-refractivity contribution in [3.8, 4) is 23.0 Å². The highest BCUT2D eigenvalue weighted by atomic mass is 16.5. The topological polar surface area (TPSA) is 100 Å². The molecule has 0 aromatic heterocycles. The third kappa shape index (κ3) is 6.35. The summed E-state index contributed by atoms with van der Waals surface area (Å²) >= 11 is 0. The number of rotatable bonds is 9. The highest BCUT2D eigenvalue weighted by Crippen LogP contribution is 2.20. The standard InChI is InChI=1S/C19H22N2O5/c1-2-3-10-25-16-6-8-17(9-7-16)26-13-19(24)21-20-12-14-4-5-15(22)11-18(14)23/h4-9,11-12,22-23H,2-3,10,13H2,1H3,(H,21,24)/b20-12+. The van der Waals surface area contributed by atoms with Gasteiger partial charge in [0.05, 0.1) is 12.8 Å². The molecule has 0 aliphatic rings. The van der Waals surface area contributed by atoms with Gasteiger partial charge < -0.3 is 19.7 Å². The van der Waals surface area contributed by atoms with E-state index in [0.717, 1.165) is 18.6 Å². The fourth-order valence-corrected chi connectivity index (χ4v) is 1.96. The van der Waals surface area contributed by atoms with Gasteiger partial charge in [0, 0.05) is 11.6 Å². The largest absolute Gasteiger partial charge is 0.508 e. The van der Waals surface area contributed by atoms with E-state index < -0.39 is 5.91 Å². The first-order valence-electron chi connectivity index (χ1n) is 8.28. The van der Waals surface area contributed by atoms with Gasteiger partial charge in [-0.05, 0) is 42.8 Å². The molecule has 2 aromatic rings. The molecular weight excluding hydrogens is 336 g/mol. The number of phenolic OH excluding ortho intramolecular Hbond substituents is 2. The van der Waals surface area contributed by atoms with Crippen molar-refractivity contribution >= 4 is 12.1 Å². The van der Waals surface area contributed by atoms with Crippen LogP contribution in [0.4, 0.5) is 0 Å². The number of ether oxygens (including phenoxy) is 2. The number of unbranched alkanes of at least 4 members (excludes halogenated alkanes) is 1. The molecule has 2 rings (SSSR count). The monoisotopic (exact) mass is 358 g/mol. The number of carbonyl (C=O) groups is 1. The van der Waals surface area contributed by atoms with E-state index in [4.69, 9.17) is 9.47 Å². The Morgan fingerprint density at radius 2 is 1.81 bits per heavy atom. The zero-order valence-corrected chi connectivity index (χ0v) is 14.5. The molecule has 0 saturated carbocycles. The van der Waals surface area contributed by atoms with Crippen LogP contribution in [0.15, 0.2) is 47.6 Å². The number of phenols is 2. The fraction of sp³-hybridized carbons (Fsp3) is 0.263. The van der Waals surface area contributed by atoms with E-state index in [-0.39, 0.29) is 18.1 Å². The highest BCUT2D eigenvalue weighted by molar-refractivity contribution is 5.85. The summed E-state index contributed by atoms with van der Waals surface area (Å²) in [7, 11) is 0. The Labute approximate surface area is 151 Å². The third-order valence-corrected chi connectivity index (χ3v) is 3.37. The lowest BCUT2D eigenvalue weighted by molar-refractivity contribution is -0.123. The van der Waals surface area contributed by atoms with Crippen molar-refractivity contribution in [2.75, 3.05) is 13.2 Å². The summed E-state index contributed by atoms with van der Waals surface area (Å²) in [5, 5.41) is 22.5. The second-order valence-electron chi connectivity index (χ2n) is 5.50. The van der Waals surface area contributed by atoms with Gasteiger partial charge >= 0.3 is 0 Å². The average Bonchev–Trinajstić information content (AvgIpc) is 2.63. The number of hydrogen-bond donors (Lipinski definition) is 3. The number of hydrazone groups is 1. The van der Waals surface area contributed by atoms with Gasteiger partial charge in [0.2, 0.25) is 0 Å². The Hall–Kier alpha value is -3.22. The summed E-state index contributed by atoms with van der Waals surface area (Å²) in [4.78, 5) is 11.7. The molecule has 0 heterocycles. The molecular formula is C19H22N2O5. The zero-order chi connectivity index (χ0) is 18.8. The molecule has 0 unspecified atom stereocenters. The molecule has 0 fully saturated rings. The van der Waals surface area contributed by atoms with Gasteiger partial charge in [-0.2, -0.15) is 5.10 Å². The van der Waals surface area contributed by atoms with Crippen molar-refractivity contribution < 1.29 is 24.5 Å². The normalized spacial score (nSPS) is 10.7. The molecule has 0 aliphatic carbocycles. The molecule has 7 heteroatoms. The summed E-state index contributed by atoms with van der Waals surface area (Å²) in [5.41, 5.74) is 2.66. The summed E-state index contributed by atoms with van der Waals surface area (Å²) in [6.07, 6.45) is 3.35. The van der Waals surface area contributed by atoms with Gasteiger partial charge in [0.25, 0.3) is 5.91 Å². The summed E-state index contributed by atoms with van der Waals surface area (Å²) in [6, 6.07) is 11.1. The van der Waals surface area contributed by atoms with Gasteiger partial charge in [-0.1, -0.05) is 13.3 Å². The van der Waals surface area contributed by atoms with Crippen LogP contribution in [-0.4, -0.2) is 35.5 Å². The first-order valence-corrected chi connectivity index (χ1v) is 8.28. The van der Waals surface area contributed by atoms with E-state index in [2.05, 4.69) is 17.5 Å². The molecule has 0 atom stereocenters. The van der Waals surface area contributed by atoms with E-state index in [0.29, 0.717) is 17.9 Å². The number of nitrogens with zero attached hydrogens (tertiary/aromatic N) is 1. The minimum absolute atomic E-state index is 0.0566. The maximum atomic E-state index is 11.7. The smallest absolute Gasteiger partial charge is 0.277 e. The fourth-order valence-electron chi connectivity index (χ4n) is 1.96. The van der Waals surface area contributed by atoms with Crippen LogP contribution < -0.4 is 14.9 Å². The lowest BCUT2D eigenvalue weighted by Gasteiger charge is -2.08. The molecule has 138 valence electrons. The second-order valence-corrected chi connectivity index (χ2v) is 5.50. The lowest BCUT2D eigenvalue weighted by atomic mass is 10.2. The molecule has 0 saturated heterocycles. The van der Waals surface area contributed by atoms with Gasteiger partial charge in [0.1, 0.15) is 23.0 Å². The van der Waals surface area contributed by atoms with Crippen molar-refractivity contribution in [1.29, 1.82) is 0 Å². The SMILES string of the molecule is CCCCOc1ccc(OCC(=O)N/N=C/c2ccc(O)cc2O)cc1. The van der Waals surface area contributed by atoms with Crippen LogP contribution in [0.3, 0.4) is 0 Å². The van der Waals surface area contributed by atoms with Crippen molar-refractivity contribution in [1.82, 2.24) is 5.43 Å². The van der Waals surface area contributed by atoms with Gasteiger partial charge in [-0.15, -0.1) is 0 Å². The van der Waals surface area contributed by atoms with Crippen LogP contribution in [0.5, 0.6) is 23.0 Å². The van der Waals surface area contributed by atoms with E-state index in [1.807, 2.05) is 0 Å². The predicted molar refractivity (Wildman–Crippen MR) is 97.8 cm³/mol. The Morgan fingerprint density at radius 1 is 1.12 bits per heavy atom. The Morgan fingerprint density at radius 3 is 2.46 bits per heavy atom. The molecule has 26 heavy (non-hydrogen) atoms. The average molecular weight is 358 g/mol. The van der Waals surface area contributed by atoms with E-state index in [1.165, 1.54) is 24.4 Å². The Balaban J connectivity index is 1.75. The highest BCUT2D eigenvalue weighted by Gasteiger charge is 2.03. The zero-order valence-electron chi connectivity index (χ0n) is 14.5. The van der Waals surface area contributed by atoms with Crippen molar-refractivity contribution in [2.24, 2.45) is 5.10 Å². The Kier molecular flexibility index (Phi) is 7.30. The van der Waals surface area contributed by atoms with Crippen LogP contribution in [0.25, 0.3) is 0 Å². The number of aromatic hydroxyl groups is 2. The number of amides is 1. The summed E-state index contributed by atoms with van der Waals surface area (Å²) in [5.74, 6) is 0.666. The molecule has 7 nitrogen and oxygen atoms in total. The quantitative estimate of drug-likeness (QED) is 0.364. The molecule has 3 N–H and O–H groups in total. The number of carbonyl (C=O) groups excluding carboxylic acids is 1. The van der Waals surface area contributed by atoms with Crippen LogP contribution in [-0.2, 0) is 4.79 Å². The molecule has 0 radical (unpaired) electrons. The van der Waals surface area contributed by atoms with Crippen LogP contribution >= 0.6 is 0 Å². The number of nitrogens with one attached hydrogen (secondary N) is 1. The number of benzene rings is 2. The minimum Gasteiger partial charge on any atom is -0.508 e. The first-order chi connectivity index (χ1) is 12.6. The van der Waals surface area contributed by atoms with Gasteiger partial charge in [-0.25, -0.2) is 5.43 Å². The van der Waals surface area contributed by atoms with Gasteiger partial charge in [0.15, 0.2) is 6.61 Å². The maximum Gasteiger partial charge on any atom is 0.277 e. The minimum atomic E-state index is -0.442. The maximum absolute atomic E-state index is 11.7. The van der Waals surface area contributed by atoms with Crippen LogP contribution in [0, 0.1) is 0 Å².